The number of nitrogens with one attached hydrogen (secondary N) is 2. The molecule has 7 nitrogen and oxygen atoms in total. The molecule has 0 saturated heterocycles. The molecule has 1 unspecified atom stereocenters. The van der Waals surface area contributed by atoms with Crippen LogP contribution in [-0.2, 0) is 0 Å². The lowest BCUT2D eigenvalue weighted by Crippen LogP contribution is -2.28. The standard InChI is InChI=1S/C14H15N5O2/c1-10(13-16-9-17-19-13)18-14(21)12-5-6-15-8-11(12)4-2-3-7-20/h5-6,8-10,20H,3,7H2,1H3,(H,18,21)(H,16,17,19). The molecule has 108 valence electrons. The molecule has 0 aromatic carbocycles. The van der Waals surface area contributed by atoms with E-state index in [0.29, 0.717) is 23.4 Å². The lowest BCUT2D eigenvalue weighted by Gasteiger charge is -2.11. The fourth-order valence-electron chi connectivity index (χ4n) is 1.67. The van der Waals surface area contributed by atoms with Gasteiger partial charge in [0, 0.05) is 18.8 Å². The van der Waals surface area contributed by atoms with Gasteiger partial charge < -0.3 is 10.4 Å². The van der Waals surface area contributed by atoms with E-state index in [1.807, 2.05) is 0 Å². The molecule has 7 heteroatoms. The van der Waals surface area contributed by atoms with Crippen molar-refractivity contribution < 1.29 is 9.90 Å². The minimum absolute atomic E-state index is 0.0165. The number of rotatable bonds is 4. The van der Waals surface area contributed by atoms with Gasteiger partial charge in [0.1, 0.15) is 12.2 Å². The Morgan fingerprint density at radius 1 is 1.57 bits per heavy atom. The van der Waals surface area contributed by atoms with Gasteiger partial charge in [-0.3, -0.25) is 14.9 Å². The highest BCUT2D eigenvalue weighted by Gasteiger charge is 2.15. The van der Waals surface area contributed by atoms with Gasteiger partial charge in [-0.2, -0.15) is 5.10 Å². The van der Waals surface area contributed by atoms with Crippen molar-refractivity contribution in [3.05, 3.63) is 41.7 Å². The summed E-state index contributed by atoms with van der Waals surface area (Å²) in [6.07, 6.45) is 4.80. The summed E-state index contributed by atoms with van der Waals surface area (Å²) < 4.78 is 0. The van der Waals surface area contributed by atoms with Crippen LogP contribution in [0.5, 0.6) is 0 Å². The molecule has 0 aliphatic rings. The van der Waals surface area contributed by atoms with Gasteiger partial charge in [0.15, 0.2) is 0 Å². The van der Waals surface area contributed by atoms with Gasteiger partial charge in [-0.25, -0.2) is 4.98 Å². The monoisotopic (exact) mass is 285 g/mol. The molecule has 0 aliphatic carbocycles. The number of carbonyl (C=O) groups excluding carboxylic acids is 1. The zero-order valence-electron chi connectivity index (χ0n) is 11.5. The van der Waals surface area contributed by atoms with Crippen molar-refractivity contribution in [3.63, 3.8) is 0 Å². The Labute approximate surface area is 121 Å². The largest absolute Gasteiger partial charge is 0.395 e. The summed E-state index contributed by atoms with van der Waals surface area (Å²) in [4.78, 5) is 20.2. The van der Waals surface area contributed by atoms with Crippen LogP contribution in [-0.4, -0.2) is 37.8 Å². The SMILES string of the molecule is CC(NC(=O)c1ccncc1C#CCCO)c1ncn[nH]1. The number of carbonyl (C=O) groups is 1. The molecule has 2 aromatic rings. The third-order valence-corrected chi connectivity index (χ3v) is 2.72. The molecule has 0 bridgehead atoms. The number of H-pyrrole nitrogens is 1. The molecular formula is C14H15N5O2. The summed E-state index contributed by atoms with van der Waals surface area (Å²) >= 11 is 0. The highest BCUT2D eigenvalue weighted by atomic mass is 16.2. The van der Waals surface area contributed by atoms with Crippen LogP contribution >= 0.6 is 0 Å². The average Bonchev–Trinajstić information content (AvgIpc) is 3.02. The molecule has 1 atom stereocenters. The van der Waals surface area contributed by atoms with Crippen molar-refractivity contribution in [1.82, 2.24) is 25.5 Å². The lowest BCUT2D eigenvalue weighted by atomic mass is 10.1. The first-order valence-electron chi connectivity index (χ1n) is 6.42. The summed E-state index contributed by atoms with van der Waals surface area (Å²) in [5.41, 5.74) is 0.954. The fraction of sp³-hybridized carbons (Fsp3) is 0.286. The van der Waals surface area contributed by atoms with Crippen molar-refractivity contribution in [2.45, 2.75) is 19.4 Å². The van der Waals surface area contributed by atoms with Crippen molar-refractivity contribution in [3.8, 4) is 11.8 Å². The molecule has 0 saturated carbocycles. The Bertz CT molecular complexity index is 657. The highest BCUT2D eigenvalue weighted by molar-refractivity contribution is 5.96. The van der Waals surface area contributed by atoms with Gasteiger partial charge in [0.2, 0.25) is 0 Å². The van der Waals surface area contributed by atoms with Gasteiger partial charge in [-0.05, 0) is 13.0 Å². The summed E-state index contributed by atoms with van der Waals surface area (Å²) in [5, 5.41) is 18.0. The minimum Gasteiger partial charge on any atom is -0.395 e. The number of pyridine rings is 1. The smallest absolute Gasteiger partial charge is 0.253 e. The summed E-state index contributed by atoms with van der Waals surface area (Å²) in [7, 11) is 0. The zero-order valence-corrected chi connectivity index (χ0v) is 11.5. The Balaban J connectivity index is 2.14. The van der Waals surface area contributed by atoms with E-state index in [4.69, 9.17) is 5.11 Å². The van der Waals surface area contributed by atoms with E-state index in [0.717, 1.165) is 0 Å². The maximum atomic E-state index is 12.3. The normalized spacial score (nSPS) is 11.3. The summed E-state index contributed by atoms with van der Waals surface area (Å²) in [6.45, 7) is 1.79. The van der Waals surface area contributed by atoms with Crippen LogP contribution in [0, 0.1) is 11.8 Å². The van der Waals surface area contributed by atoms with Crippen LogP contribution in [0.15, 0.2) is 24.8 Å². The fourth-order valence-corrected chi connectivity index (χ4v) is 1.67. The predicted molar refractivity (Wildman–Crippen MR) is 75.1 cm³/mol. The van der Waals surface area contributed by atoms with E-state index in [-0.39, 0.29) is 18.6 Å². The molecule has 2 rings (SSSR count). The molecule has 2 heterocycles. The van der Waals surface area contributed by atoms with Crippen LogP contribution in [0.4, 0.5) is 0 Å². The number of aliphatic hydroxyl groups is 1. The molecule has 1 amide bonds. The molecule has 21 heavy (non-hydrogen) atoms. The first-order chi connectivity index (χ1) is 10.2. The number of nitrogens with zero attached hydrogens (tertiary/aromatic N) is 3. The topological polar surface area (TPSA) is 104 Å². The third-order valence-electron chi connectivity index (χ3n) is 2.72. The average molecular weight is 285 g/mol. The number of hydrogen-bond acceptors (Lipinski definition) is 5. The van der Waals surface area contributed by atoms with Crippen molar-refractivity contribution >= 4 is 5.91 Å². The molecule has 0 aliphatic heterocycles. The van der Waals surface area contributed by atoms with E-state index in [1.165, 1.54) is 18.7 Å². The number of aliphatic hydroxyl groups excluding tert-OH is 1. The van der Waals surface area contributed by atoms with E-state index >= 15 is 0 Å². The third kappa shape index (κ3) is 3.87. The van der Waals surface area contributed by atoms with Crippen LogP contribution < -0.4 is 5.32 Å². The van der Waals surface area contributed by atoms with Crippen molar-refractivity contribution in [2.24, 2.45) is 0 Å². The van der Waals surface area contributed by atoms with Crippen LogP contribution in [0.3, 0.4) is 0 Å². The second-order valence-electron chi connectivity index (χ2n) is 4.26. The number of aromatic nitrogens is 4. The lowest BCUT2D eigenvalue weighted by molar-refractivity contribution is 0.0938. The Hall–Kier alpha value is -2.72. The molecule has 2 aromatic heterocycles. The maximum absolute atomic E-state index is 12.3. The Morgan fingerprint density at radius 3 is 3.14 bits per heavy atom. The van der Waals surface area contributed by atoms with Crippen LogP contribution in [0.1, 0.15) is 41.1 Å². The van der Waals surface area contributed by atoms with Gasteiger partial charge in [0.25, 0.3) is 5.91 Å². The second-order valence-corrected chi connectivity index (χ2v) is 4.26. The van der Waals surface area contributed by atoms with Gasteiger partial charge in [-0.15, -0.1) is 0 Å². The summed E-state index contributed by atoms with van der Waals surface area (Å²) in [6, 6.07) is 1.30. The highest BCUT2D eigenvalue weighted by Crippen LogP contribution is 2.10. The van der Waals surface area contributed by atoms with Gasteiger partial charge in [-0.1, -0.05) is 11.8 Å². The Kier molecular flexibility index (Phi) is 5.01. The minimum atomic E-state index is -0.300. The molecule has 0 fully saturated rings. The Morgan fingerprint density at radius 2 is 2.43 bits per heavy atom. The van der Waals surface area contributed by atoms with E-state index in [1.54, 1.807) is 13.0 Å². The first-order valence-corrected chi connectivity index (χ1v) is 6.42. The van der Waals surface area contributed by atoms with E-state index in [2.05, 4.69) is 37.3 Å². The number of aromatic amines is 1. The van der Waals surface area contributed by atoms with Crippen LogP contribution in [0.25, 0.3) is 0 Å². The maximum Gasteiger partial charge on any atom is 0.253 e. The van der Waals surface area contributed by atoms with Gasteiger partial charge in [0.05, 0.1) is 23.8 Å². The first kappa shape index (κ1) is 14.7. The second kappa shape index (κ2) is 7.17. The molecular weight excluding hydrogens is 270 g/mol. The van der Waals surface area contributed by atoms with Crippen LogP contribution in [0.2, 0.25) is 0 Å². The molecule has 0 spiro atoms. The molecule has 0 radical (unpaired) electrons. The van der Waals surface area contributed by atoms with Gasteiger partial charge >= 0.3 is 0 Å². The summed E-state index contributed by atoms with van der Waals surface area (Å²) in [5.74, 6) is 5.92. The quantitative estimate of drug-likeness (QED) is 0.706. The van der Waals surface area contributed by atoms with Crippen molar-refractivity contribution in [1.29, 1.82) is 0 Å². The molecule has 3 N–H and O–H groups in total. The zero-order chi connectivity index (χ0) is 15.1. The number of amides is 1. The number of hydrogen-bond donors (Lipinski definition) is 3. The van der Waals surface area contributed by atoms with E-state index < -0.39 is 0 Å². The van der Waals surface area contributed by atoms with E-state index in [9.17, 15) is 4.79 Å². The van der Waals surface area contributed by atoms with Crippen molar-refractivity contribution in [2.75, 3.05) is 6.61 Å². The predicted octanol–water partition coefficient (Wildman–Crippen LogP) is 0.425.